The number of hydrazine groups is 1. The minimum Gasteiger partial charge on any atom is -0.486 e. The number of hydrogen-bond donors (Lipinski definition) is 4. The van der Waals surface area contributed by atoms with E-state index in [0.29, 0.717) is 37.6 Å². The summed E-state index contributed by atoms with van der Waals surface area (Å²) >= 11 is 0. The minimum atomic E-state index is -3.58. The van der Waals surface area contributed by atoms with Gasteiger partial charge in [0.25, 0.3) is 0 Å². The Bertz CT molecular complexity index is 915. The van der Waals surface area contributed by atoms with Crippen LogP contribution in [0.1, 0.15) is 5.56 Å². The van der Waals surface area contributed by atoms with E-state index in [0.717, 1.165) is 0 Å². The van der Waals surface area contributed by atoms with E-state index in [1.807, 2.05) is 0 Å². The Morgan fingerprint density at radius 1 is 1.22 bits per heavy atom. The molecule has 11 heteroatoms. The number of aromatic nitrogens is 1. The van der Waals surface area contributed by atoms with Crippen LogP contribution >= 0.6 is 0 Å². The number of hydrogen-bond acceptors (Lipinski definition) is 9. The summed E-state index contributed by atoms with van der Waals surface area (Å²) in [5.41, 5.74) is 14.9. The van der Waals surface area contributed by atoms with Crippen molar-refractivity contribution in [3.63, 3.8) is 0 Å². The quantitative estimate of drug-likeness (QED) is 0.394. The van der Waals surface area contributed by atoms with Crippen LogP contribution in [0.2, 0.25) is 0 Å². The number of nitrogens with zero attached hydrogens (tertiary/aromatic N) is 2. The largest absolute Gasteiger partial charge is 0.486 e. The molecule has 7 N–H and O–H groups in total. The van der Waals surface area contributed by atoms with E-state index in [-0.39, 0.29) is 28.8 Å². The van der Waals surface area contributed by atoms with E-state index in [9.17, 15) is 8.42 Å². The first-order chi connectivity index (χ1) is 12.9. The highest BCUT2D eigenvalue weighted by molar-refractivity contribution is 7.89. The fourth-order valence-electron chi connectivity index (χ4n) is 2.67. The van der Waals surface area contributed by atoms with E-state index in [4.69, 9.17) is 26.8 Å². The maximum atomic E-state index is 12.8. The van der Waals surface area contributed by atoms with Gasteiger partial charge >= 0.3 is 0 Å². The van der Waals surface area contributed by atoms with Crippen LogP contribution in [0.4, 0.5) is 17.3 Å². The average molecular weight is 394 g/mol. The van der Waals surface area contributed by atoms with Gasteiger partial charge in [-0.15, -0.1) is 0 Å². The zero-order valence-corrected chi connectivity index (χ0v) is 15.4. The van der Waals surface area contributed by atoms with Crippen LogP contribution in [0, 0.1) is 0 Å². The lowest BCUT2D eigenvalue weighted by Crippen LogP contribution is -2.40. The summed E-state index contributed by atoms with van der Waals surface area (Å²) in [6.45, 7) is 1.56. The smallest absolute Gasteiger partial charge is 0.243 e. The van der Waals surface area contributed by atoms with Gasteiger partial charge in [-0.25, -0.2) is 19.2 Å². The number of nitrogen functional groups attached to an aromatic ring is 3. The predicted octanol–water partition coefficient (Wildman–Crippen LogP) is 0.131. The maximum Gasteiger partial charge on any atom is 0.243 e. The third-order valence-electron chi connectivity index (χ3n) is 4.08. The molecular weight excluding hydrogens is 372 g/mol. The third kappa shape index (κ3) is 4.22. The van der Waals surface area contributed by atoms with Crippen molar-refractivity contribution in [3.05, 3.63) is 35.9 Å². The van der Waals surface area contributed by atoms with E-state index in [1.165, 1.54) is 10.4 Å². The average Bonchev–Trinajstić information content (AvgIpc) is 2.69. The molecule has 10 nitrogen and oxygen atoms in total. The van der Waals surface area contributed by atoms with Crippen LogP contribution in [-0.2, 0) is 21.4 Å². The number of ether oxygens (including phenoxy) is 2. The van der Waals surface area contributed by atoms with Crippen LogP contribution in [0.5, 0.6) is 5.75 Å². The summed E-state index contributed by atoms with van der Waals surface area (Å²) in [5, 5.41) is 0. The standard InChI is InChI=1S/C16H22N6O4S/c17-14-9-13(15(18)16(20-14)21-19)26-10-11-2-1-3-12(8-11)27(23,24)22-4-6-25-7-5-22/h1-3,8-9H,4-7,10,18-19H2,(H3,17,20,21). The molecule has 1 aromatic heterocycles. The molecule has 0 atom stereocenters. The summed E-state index contributed by atoms with van der Waals surface area (Å²) in [4.78, 5) is 4.15. The third-order valence-corrected chi connectivity index (χ3v) is 5.97. The lowest BCUT2D eigenvalue weighted by atomic mass is 10.2. The van der Waals surface area contributed by atoms with Crippen molar-refractivity contribution in [2.45, 2.75) is 11.5 Å². The Morgan fingerprint density at radius 3 is 2.67 bits per heavy atom. The fourth-order valence-corrected chi connectivity index (χ4v) is 4.15. The van der Waals surface area contributed by atoms with Crippen molar-refractivity contribution in [2.75, 3.05) is 43.2 Å². The number of anilines is 3. The summed E-state index contributed by atoms with van der Waals surface area (Å²) in [7, 11) is -3.58. The van der Waals surface area contributed by atoms with E-state index in [1.54, 1.807) is 24.3 Å². The molecule has 146 valence electrons. The number of nitrogens with one attached hydrogen (secondary N) is 1. The van der Waals surface area contributed by atoms with Crippen molar-refractivity contribution in [2.24, 2.45) is 5.84 Å². The zero-order valence-electron chi connectivity index (χ0n) is 14.6. The summed E-state index contributed by atoms with van der Waals surface area (Å²) in [5.74, 6) is 6.05. The minimum absolute atomic E-state index is 0.101. The van der Waals surface area contributed by atoms with Crippen molar-refractivity contribution >= 4 is 27.3 Å². The van der Waals surface area contributed by atoms with E-state index < -0.39 is 10.0 Å². The van der Waals surface area contributed by atoms with Crippen LogP contribution < -0.4 is 27.5 Å². The van der Waals surface area contributed by atoms with Crippen molar-refractivity contribution in [1.29, 1.82) is 0 Å². The second kappa shape index (κ2) is 7.96. The number of benzene rings is 1. The molecule has 27 heavy (non-hydrogen) atoms. The number of rotatable bonds is 6. The molecule has 2 heterocycles. The number of pyridine rings is 1. The van der Waals surface area contributed by atoms with Crippen LogP contribution in [0.25, 0.3) is 0 Å². The van der Waals surface area contributed by atoms with Crippen molar-refractivity contribution in [1.82, 2.24) is 9.29 Å². The van der Waals surface area contributed by atoms with Gasteiger partial charge in [0, 0.05) is 19.2 Å². The first kappa shape index (κ1) is 19.2. The van der Waals surface area contributed by atoms with Gasteiger partial charge < -0.3 is 26.4 Å². The van der Waals surface area contributed by atoms with Crippen LogP contribution in [0.3, 0.4) is 0 Å². The molecule has 0 amide bonds. The Kier molecular flexibility index (Phi) is 5.65. The topological polar surface area (TPSA) is 159 Å². The monoisotopic (exact) mass is 394 g/mol. The lowest BCUT2D eigenvalue weighted by Gasteiger charge is -2.26. The van der Waals surface area contributed by atoms with Crippen LogP contribution in [0.15, 0.2) is 35.2 Å². The molecule has 1 aliphatic heterocycles. The van der Waals surface area contributed by atoms with Gasteiger partial charge in [-0.3, -0.25) is 0 Å². The number of nitrogens with two attached hydrogens (primary N) is 3. The van der Waals surface area contributed by atoms with E-state index >= 15 is 0 Å². The molecule has 3 rings (SSSR count). The number of sulfonamides is 1. The molecule has 0 unspecified atom stereocenters. The second-order valence-corrected chi connectivity index (χ2v) is 7.84. The molecule has 2 aromatic rings. The molecule has 1 saturated heterocycles. The molecule has 0 saturated carbocycles. The molecule has 0 radical (unpaired) electrons. The Labute approximate surface area is 157 Å². The van der Waals surface area contributed by atoms with Gasteiger partial charge in [-0.05, 0) is 17.7 Å². The highest BCUT2D eigenvalue weighted by atomic mass is 32.2. The zero-order chi connectivity index (χ0) is 19.4. The van der Waals surface area contributed by atoms with Crippen molar-refractivity contribution in [3.8, 4) is 5.75 Å². The number of morpholine rings is 1. The predicted molar refractivity (Wildman–Crippen MR) is 101 cm³/mol. The molecule has 0 spiro atoms. The van der Waals surface area contributed by atoms with Gasteiger partial charge in [0.05, 0.1) is 18.1 Å². The van der Waals surface area contributed by atoms with Crippen LogP contribution in [-0.4, -0.2) is 44.0 Å². The second-order valence-electron chi connectivity index (χ2n) is 5.90. The SMILES string of the molecule is NNc1nc(N)cc(OCc2cccc(S(=O)(=O)N3CCOCC3)c2)c1N. The maximum absolute atomic E-state index is 12.8. The molecule has 1 fully saturated rings. The van der Waals surface area contributed by atoms with Gasteiger partial charge in [-0.2, -0.15) is 4.31 Å². The fraction of sp³-hybridized carbons (Fsp3) is 0.312. The summed E-state index contributed by atoms with van der Waals surface area (Å²) in [6, 6.07) is 8.05. The summed E-state index contributed by atoms with van der Waals surface area (Å²) in [6.07, 6.45) is 0. The normalized spacial score (nSPS) is 15.4. The Balaban J connectivity index is 1.78. The summed E-state index contributed by atoms with van der Waals surface area (Å²) < 4.78 is 37.8. The van der Waals surface area contributed by atoms with E-state index in [2.05, 4.69) is 10.4 Å². The molecular formula is C16H22N6O4S. The highest BCUT2D eigenvalue weighted by Gasteiger charge is 2.26. The Hall–Kier alpha value is -2.60. The Morgan fingerprint density at radius 2 is 1.96 bits per heavy atom. The van der Waals surface area contributed by atoms with Gasteiger partial charge in [0.2, 0.25) is 10.0 Å². The molecule has 1 aliphatic rings. The lowest BCUT2D eigenvalue weighted by molar-refractivity contribution is 0.0730. The van der Waals surface area contributed by atoms with Gasteiger partial charge in [0.1, 0.15) is 23.9 Å². The van der Waals surface area contributed by atoms with Gasteiger partial charge in [0.15, 0.2) is 5.82 Å². The highest BCUT2D eigenvalue weighted by Crippen LogP contribution is 2.30. The molecule has 0 aliphatic carbocycles. The van der Waals surface area contributed by atoms with Gasteiger partial charge in [-0.1, -0.05) is 12.1 Å². The first-order valence-corrected chi connectivity index (χ1v) is 9.68. The van der Waals surface area contributed by atoms with Crippen molar-refractivity contribution < 1.29 is 17.9 Å². The molecule has 1 aromatic carbocycles. The molecule has 0 bridgehead atoms. The first-order valence-electron chi connectivity index (χ1n) is 8.24.